The molecule has 1 fully saturated rings. The van der Waals surface area contributed by atoms with E-state index in [1.165, 1.54) is 12.8 Å². The Bertz CT molecular complexity index is 297. The van der Waals surface area contributed by atoms with Gasteiger partial charge in [0, 0.05) is 13.0 Å². The van der Waals surface area contributed by atoms with E-state index >= 15 is 0 Å². The molecule has 0 N–H and O–H groups in total. The molecule has 1 aromatic rings. The molecule has 1 saturated heterocycles. The van der Waals surface area contributed by atoms with Crippen molar-refractivity contribution in [3.8, 4) is 0 Å². The molecule has 0 aromatic carbocycles. The summed E-state index contributed by atoms with van der Waals surface area (Å²) in [4.78, 5) is 4.15. The van der Waals surface area contributed by atoms with Gasteiger partial charge in [-0.3, -0.25) is 0 Å². The van der Waals surface area contributed by atoms with Gasteiger partial charge in [-0.1, -0.05) is 5.16 Å². The molecule has 0 aliphatic carbocycles. The summed E-state index contributed by atoms with van der Waals surface area (Å²) in [6, 6.07) is 0. The topological polar surface area (TPSA) is 48.2 Å². The fourth-order valence-electron chi connectivity index (χ4n) is 1.77. The van der Waals surface area contributed by atoms with Crippen molar-refractivity contribution >= 4 is 11.6 Å². The number of hydrogen-bond donors (Lipinski definition) is 0. The number of rotatable bonds is 4. The van der Waals surface area contributed by atoms with E-state index in [0.29, 0.717) is 23.7 Å². The summed E-state index contributed by atoms with van der Waals surface area (Å²) >= 11 is 5.58. The van der Waals surface area contributed by atoms with Gasteiger partial charge in [0.1, 0.15) is 0 Å². The van der Waals surface area contributed by atoms with E-state index in [9.17, 15) is 0 Å². The molecule has 0 saturated carbocycles. The minimum absolute atomic E-state index is 0.309. The van der Waals surface area contributed by atoms with Crippen LogP contribution in [0.3, 0.4) is 0 Å². The molecule has 84 valence electrons. The van der Waals surface area contributed by atoms with Crippen LogP contribution in [-0.4, -0.2) is 22.9 Å². The van der Waals surface area contributed by atoms with Crippen LogP contribution in [0, 0.1) is 0 Å². The SMILES string of the molecule is ClCc1noc(CCC2CCCCO2)n1. The third kappa shape index (κ3) is 3.18. The molecule has 1 aliphatic heterocycles. The van der Waals surface area contributed by atoms with Crippen LogP contribution in [-0.2, 0) is 17.0 Å². The first-order valence-electron chi connectivity index (χ1n) is 5.37. The summed E-state index contributed by atoms with van der Waals surface area (Å²) in [5.74, 6) is 1.54. The van der Waals surface area contributed by atoms with Crippen LogP contribution in [0.1, 0.15) is 37.4 Å². The number of hydrogen-bond acceptors (Lipinski definition) is 4. The molecule has 4 nitrogen and oxygen atoms in total. The zero-order valence-corrected chi connectivity index (χ0v) is 9.37. The third-order valence-electron chi connectivity index (χ3n) is 2.58. The number of halogens is 1. The van der Waals surface area contributed by atoms with Crippen LogP contribution >= 0.6 is 11.6 Å². The van der Waals surface area contributed by atoms with Crippen molar-refractivity contribution in [1.82, 2.24) is 10.1 Å². The molecule has 5 heteroatoms. The predicted octanol–water partition coefficient (Wildman–Crippen LogP) is 2.31. The maximum Gasteiger partial charge on any atom is 0.226 e. The zero-order chi connectivity index (χ0) is 10.5. The monoisotopic (exact) mass is 230 g/mol. The lowest BCUT2D eigenvalue weighted by Crippen LogP contribution is -2.19. The predicted molar refractivity (Wildman–Crippen MR) is 55.8 cm³/mol. The van der Waals surface area contributed by atoms with Crippen LogP contribution in [0.5, 0.6) is 0 Å². The van der Waals surface area contributed by atoms with E-state index in [2.05, 4.69) is 10.1 Å². The maximum absolute atomic E-state index is 5.62. The number of nitrogens with zero attached hydrogens (tertiary/aromatic N) is 2. The number of alkyl halides is 1. The summed E-state index contributed by atoms with van der Waals surface area (Å²) in [5.41, 5.74) is 0. The van der Waals surface area contributed by atoms with Crippen LogP contribution in [0.25, 0.3) is 0 Å². The van der Waals surface area contributed by atoms with Crippen LogP contribution in [0.15, 0.2) is 4.52 Å². The second-order valence-electron chi connectivity index (χ2n) is 3.77. The highest BCUT2D eigenvalue weighted by atomic mass is 35.5. The van der Waals surface area contributed by atoms with Gasteiger partial charge in [-0.25, -0.2) is 0 Å². The maximum atomic E-state index is 5.62. The van der Waals surface area contributed by atoms with Gasteiger partial charge < -0.3 is 9.26 Å². The van der Waals surface area contributed by atoms with Gasteiger partial charge in [-0.2, -0.15) is 4.98 Å². The molecule has 0 amide bonds. The highest BCUT2D eigenvalue weighted by Crippen LogP contribution is 2.17. The van der Waals surface area contributed by atoms with Gasteiger partial charge in [-0.05, 0) is 25.7 Å². The number of ether oxygens (including phenoxy) is 1. The van der Waals surface area contributed by atoms with E-state index in [-0.39, 0.29) is 0 Å². The molecular weight excluding hydrogens is 216 g/mol. The van der Waals surface area contributed by atoms with Gasteiger partial charge in [-0.15, -0.1) is 11.6 Å². The molecule has 2 rings (SSSR count). The van der Waals surface area contributed by atoms with Crippen molar-refractivity contribution in [2.75, 3.05) is 6.61 Å². The summed E-state index contributed by atoms with van der Waals surface area (Å²) in [6.45, 7) is 0.890. The largest absolute Gasteiger partial charge is 0.378 e. The molecule has 1 aromatic heterocycles. The van der Waals surface area contributed by atoms with Crippen LogP contribution < -0.4 is 0 Å². The summed E-state index contributed by atoms with van der Waals surface area (Å²) < 4.78 is 10.7. The molecule has 0 radical (unpaired) electrons. The number of aryl methyl sites for hydroxylation is 1. The van der Waals surface area contributed by atoms with Gasteiger partial charge in [0.15, 0.2) is 5.82 Å². The van der Waals surface area contributed by atoms with Crippen molar-refractivity contribution in [3.63, 3.8) is 0 Å². The Morgan fingerprint density at radius 1 is 1.40 bits per heavy atom. The quantitative estimate of drug-likeness (QED) is 0.745. The fraction of sp³-hybridized carbons (Fsp3) is 0.800. The third-order valence-corrected chi connectivity index (χ3v) is 2.82. The summed E-state index contributed by atoms with van der Waals surface area (Å²) in [6.07, 6.45) is 5.72. The van der Waals surface area contributed by atoms with E-state index in [1.54, 1.807) is 0 Å². The fourth-order valence-corrected chi connectivity index (χ4v) is 1.87. The molecule has 1 atom stereocenters. The first kappa shape index (κ1) is 10.9. The van der Waals surface area contributed by atoms with E-state index < -0.39 is 0 Å². The van der Waals surface area contributed by atoms with Gasteiger partial charge >= 0.3 is 0 Å². The molecule has 0 bridgehead atoms. The molecule has 15 heavy (non-hydrogen) atoms. The minimum Gasteiger partial charge on any atom is -0.378 e. The lowest BCUT2D eigenvalue weighted by molar-refractivity contribution is 0.0104. The normalized spacial score (nSPS) is 21.8. The standard InChI is InChI=1S/C10H15ClN2O2/c11-7-9-12-10(15-13-9)5-4-8-3-1-2-6-14-8/h8H,1-7H2. The molecular formula is C10H15ClN2O2. The minimum atomic E-state index is 0.309. The van der Waals surface area contributed by atoms with Crippen molar-refractivity contribution in [2.24, 2.45) is 0 Å². The lowest BCUT2D eigenvalue weighted by Gasteiger charge is -2.21. The average Bonchev–Trinajstić information content (AvgIpc) is 2.76. The average molecular weight is 231 g/mol. The van der Waals surface area contributed by atoms with Crippen molar-refractivity contribution in [1.29, 1.82) is 0 Å². The smallest absolute Gasteiger partial charge is 0.226 e. The first-order valence-corrected chi connectivity index (χ1v) is 5.91. The zero-order valence-electron chi connectivity index (χ0n) is 8.62. The van der Waals surface area contributed by atoms with Gasteiger partial charge in [0.2, 0.25) is 5.89 Å². The molecule has 0 spiro atoms. The van der Waals surface area contributed by atoms with Crippen molar-refractivity contribution in [2.45, 2.75) is 44.1 Å². The van der Waals surface area contributed by atoms with Crippen LogP contribution in [0.2, 0.25) is 0 Å². The van der Waals surface area contributed by atoms with Crippen molar-refractivity contribution in [3.05, 3.63) is 11.7 Å². The molecule has 1 unspecified atom stereocenters. The second kappa shape index (κ2) is 5.47. The Kier molecular flexibility index (Phi) is 3.97. The Hall–Kier alpha value is -0.610. The Morgan fingerprint density at radius 3 is 3.00 bits per heavy atom. The highest BCUT2D eigenvalue weighted by Gasteiger charge is 2.15. The number of aromatic nitrogens is 2. The summed E-state index contributed by atoms with van der Waals surface area (Å²) in [5, 5.41) is 3.74. The Morgan fingerprint density at radius 2 is 2.33 bits per heavy atom. The van der Waals surface area contributed by atoms with E-state index in [1.807, 2.05) is 0 Å². The second-order valence-corrected chi connectivity index (χ2v) is 4.03. The molecule has 1 aliphatic rings. The Balaban J connectivity index is 1.76. The van der Waals surface area contributed by atoms with E-state index in [4.69, 9.17) is 20.9 Å². The van der Waals surface area contributed by atoms with E-state index in [0.717, 1.165) is 25.9 Å². The van der Waals surface area contributed by atoms with Crippen molar-refractivity contribution < 1.29 is 9.26 Å². The highest BCUT2D eigenvalue weighted by molar-refractivity contribution is 6.16. The molecule has 2 heterocycles. The lowest BCUT2D eigenvalue weighted by atomic mass is 10.0. The van der Waals surface area contributed by atoms with Gasteiger partial charge in [0.25, 0.3) is 0 Å². The van der Waals surface area contributed by atoms with Crippen LogP contribution in [0.4, 0.5) is 0 Å². The van der Waals surface area contributed by atoms with Gasteiger partial charge in [0.05, 0.1) is 12.0 Å². The summed E-state index contributed by atoms with van der Waals surface area (Å²) in [7, 11) is 0. The Labute approximate surface area is 93.9 Å². The first-order chi connectivity index (χ1) is 7.38.